The van der Waals surface area contributed by atoms with Gasteiger partial charge < -0.3 is 10.1 Å². The van der Waals surface area contributed by atoms with Gasteiger partial charge in [0, 0.05) is 9.75 Å². The summed E-state index contributed by atoms with van der Waals surface area (Å²) in [6.45, 7) is 6.00. The smallest absolute Gasteiger partial charge is 0.315 e. The molecule has 1 N–H and O–H groups in total. The van der Waals surface area contributed by atoms with E-state index in [1.807, 2.05) is 13.8 Å². The topological polar surface area (TPSA) is 81.2 Å². The number of aryl methyl sites for hydroxylation is 3. The molecule has 1 amide bonds. The second kappa shape index (κ2) is 6.98. The van der Waals surface area contributed by atoms with Crippen molar-refractivity contribution in [1.29, 1.82) is 0 Å². The quantitative estimate of drug-likeness (QED) is 0.824. The number of nitrogens with one attached hydrogen (secondary N) is 1. The summed E-state index contributed by atoms with van der Waals surface area (Å²) in [5.74, 6) is -0.634. The monoisotopic (exact) mass is 365 g/mol. The van der Waals surface area contributed by atoms with Crippen molar-refractivity contribution in [2.24, 2.45) is 0 Å². The Bertz CT molecular complexity index is 782. The maximum atomic E-state index is 12.2. The minimum atomic E-state index is -0.298. The Kier molecular flexibility index (Phi) is 4.96. The average Bonchev–Trinajstić information content (AvgIpc) is 3.14. The summed E-state index contributed by atoms with van der Waals surface area (Å²) in [5, 5.41) is 4.36. The van der Waals surface area contributed by atoms with Crippen molar-refractivity contribution in [1.82, 2.24) is 9.97 Å². The zero-order valence-corrected chi connectivity index (χ0v) is 15.5. The number of carbonyl (C=O) groups is 2. The van der Waals surface area contributed by atoms with Crippen molar-refractivity contribution in [3.8, 4) is 0 Å². The van der Waals surface area contributed by atoms with Gasteiger partial charge >= 0.3 is 5.97 Å². The van der Waals surface area contributed by atoms with E-state index in [4.69, 9.17) is 4.74 Å². The predicted octanol–water partition coefficient (Wildman–Crippen LogP) is 2.99. The zero-order valence-electron chi connectivity index (χ0n) is 13.8. The van der Waals surface area contributed by atoms with Gasteiger partial charge in [-0.3, -0.25) is 9.59 Å². The first-order valence-corrected chi connectivity index (χ1v) is 9.50. The van der Waals surface area contributed by atoms with E-state index < -0.39 is 0 Å². The van der Waals surface area contributed by atoms with Crippen molar-refractivity contribution in [3.05, 3.63) is 26.1 Å². The number of aromatic nitrogens is 2. The highest BCUT2D eigenvalue weighted by atomic mass is 32.1. The van der Waals surface area contributed by atoms with Crippen LogP contribution in [-0.4, -0.2) is 28.5 Å². The molecular weight excluding hydrogens is 346 g/mol. The molecule has 24 heavy (non-hydrogen) atoms. The second-order valence-electron chi connectivity index (χ2n) is 5.64. The van der Waals surface area contributed by atoms with Gasteiger partial charge in [-0.05, 0) is 33.6 Å². The van der Waals surface area contributed by atoms with Crippen LogP contribution in [-0.2, 0) is 27.2 Å². The lowest BCUT2D eigenvalue weighted by molar-refractivity contribution is -0.145. The molecule has 6 nitrogen and oxygen atoms in total. The standard InChI is InChI=1S/C16H19N3O3S2/c1-4-22-15(21)10-5-6-11-14(10)19-16(24-11)18-13(20)7-12-8(2)17-9(3)23-12/h10H,4-7H2,1-3H3,(H,18,19,20). The highest BCUT2D eigenvalue weighted by Crippen LogP contribution is 2.39. The fraction of sp³-hybridized carbons (Fsp3) is 0.500. The largest absolute Gasteiger partial charge is 0.465 e. The molecular formula is C16H19N3O3S2. The Balaban J connectivity index is 1.67. The van der Waals surface area contributed by atoms with Crippen LogP contribution in [0, 0.1) is 13.8 Å². The number of amides is 1. The lowest BCUT2D eigenvalue weighted by Gasteiger charge is -2.07. The number of thiazole rings is 2. The third-order valence-electron chi connectivity index (χ3n) is 3.86. The highest BCUT2D eigenvalue weighted by Gasteiger charge is 2.33. The number of hydrogen-bond acceptors (Lipinski definition) is 7. The van der Waals surface area contributed by atoms with Crippen molar-refractivity contribution in [3.63, 3.8) is 0 Å². The summed E-state index contributed by atoms with van der Waals surface area (Å²) < 4.78 is 5.10. The number of fused-ring (bicyclic) bond motifs is 1. The average molecular weight is 365 g/mol. The van der Waals surface area contributed by atoms with Crippen LogP contribution in [0.5, 0.6) is 0 Å². The van der Waals surface area contributed by atoms with Crippen LogP contribution >= 0.6 is 22.7 Å². The number of hydrogen-bond donors (Lipinski definition) is 1. The maximum absolute atomic E-state index is 12.2. The number of nitrogens with zero attached hydrogens (tertiary/aromatic N) is 2. The van der Waals surface area contributed by atoms with Crippen LogP contribution in [0.1, 0.15) is 45.4 Å². The van der Waals surface area contributed by atoms with Crippen LogP contribution in [0.4, 0.5) is 5.13 Å². The van der Waals surface area contributed by atoms with Crippen molar-refractivity contribution >= 4 is 39.7 Å². The van der Waals surface area contributed by atoms with E-state index in [1.165, 1.54) is 22.7 Å². The van der Waals surface area contributed by atoms with E-state index in [0.29, 0.717) is 18.2 Å². The maximum Gasteiger partial charge on any atom is 0.315 e. The first-order valence-electron chi connectivity index (χ1n) is 7.87. The molecule has 0 spiro atoms. The summed E-state index contributed by atoms with van der Waals surface area (Å²) in [7, 11) is 0. The normalized spacial score (nSPS) is 16.0. The van der Waals surface area contributed by atoms with Gasteiger partial charge in [0.25, 0.3) is 0 Å². The molecule has 1 aliphatic carbocycles. The molecule has 1 atom stereocenters. The zero-order chi connectivity index (χ0) is 17.3. The van der Waals surface area contributed by atoms with Gasteiger partial charge in [-0.1, -0.05) is 0 Å². The molecule has 2 heterocycles. The third-order valence-corrected chi connectivity index (χ3v) is 5.98. The minimum Gasteiger partial charge on any atom is -0.465 e. The van der Waals surface area contributed by atoms with Crippen LogP contribution in [0.3, 0.4) is 0 Å². The Morgan fingerprint density at radius 3 is 2.75 bits per heavy atom. The first kappa shape index (κ1) is 17.0. The fourth-order valence-electron chi connectivity index (χ4n) is 2.80. The Hall–Kier alpha value is -1.80. The van der Waals surface area contributed by atoms with Gasteiger partial charge in [-0.15, -0.1) is 22.7 Å². The van der Waals surface area contributed by atoms with Gasteiger partial charge in [-0.2, -0.15) is 0 Å². The lowest BCUT2D eigenvalue weighted by atomic mass is 10.1. The van der Waals surface area contributed by atoms with Crippen LogP contribution in [0.25, 0.3) is 0 Å². The molecule has 0 radical (unpaired) electrons. The molecule has 0 saturated carbocycles. The van der Waals surface area contributed by atoms with Gasteiger partial charge in [-0.25, -0.2) is 9.97 Å². The summed E-state index contributed by atoms with van der Waals surface area (Å²) in [6.07, 6.45) is 1.84. The van der Waals surface area contributed by atoms with Gasteiger partial charge in [0.05, 0.1) is 29.4 Å². The van der Waals surface area contributed by atoms with Gasteiger partial charge in [0.2, 0.25) is 5.91 Å². The van der Waals surface area contributed by atoms with Crippen molar-refractivity contribution in [2.75, 3.05) is 11.9 Å². The molecule has 1 unspecified atom stereocenters. The minimum absolute atomic E-state index is 0.109. The van der Waals surface area contributed by atoms with Crippen molar-refractivity contribution < 1.29 is 14.3 Å². The number of esters is 1. The Labute approximate surface area is 148 Å². The third kappa shape index (κ3) is 3.49. The van der Waals surface area contributed by atoms with E-state index >= 15 is 0 Å². The van der Waals surface area contributed by atoms with E-state index in [9.17, 15) is 9.59 Å². The molecule has 0 aromatic carbocycles. The van der Waals surface area contributed by atoms with Crippen LogP contribution in [0.2, 0.25) is 0 Å². The number of ether oxygens (including phenoxy) is 1. The summed E-state index contributed by atoms with van der Waals surface area (Å²) in [5.41, 5.74) is 1.66. The van der Waals surface area contributed by atoms with Gasteiger partial charge in [0.15, 0.2) is 5.13 Å². The number of carbonyl (C=O) groups excluding carboxylic acids is 2. The molecule has 2 aromatic heterocycles. The molecule has 0 fully saturated rings. The number of rotatable bonds is 5. The van der Waals surface area contributed by atoms with Gasteiger partial charge in [0.1, 0.15) is 5.92 Å². The molecule has 8 heteroatoms. The summed E-state index contributed by atoms with van der Waals surface area (Å²) in [6, 6.07) is 0. The van der Waals surface area contributed by atoms with E-state index in [-0.39, 0.29) is 17.8 Å². The second-order valence-corrected chi connectivity index (χ2v) is 8.01. The molecule has 1 aliphatic rings. The Morgan fingerprint density at radius 1 is 1.29 bits per heavy atom. The predicted molar refractivity (Wildman–Crippen MR) is 93.7 cm³/mol. The first-order chi connectivity index (χ1) is 11.5. The van der Waals surface area contributed by atoms with E-state index in [0.717, 1.165) is 39.0 Å². The molecule has 0 aliphatic heterocycles. The van der Waals surface area contributed by atoms with Crippen LogP contribution < -0.4 is 5.32 Å². The number of anilines is 1. The molecule has 0 bridgehead atoms. The lowest BCUT2D eigenvalue weighted by Crippen LogP contribution is -2.16. The fourth-order valence-corrected chi connectivity index (χ4v) is 4.79. The molecule has 3 rings (SSSR count). The van der Waals surface area contributed by atoms with Crippen molar-refractivity contribution in [2.45, 2.75) is 46.0 Å². The highest BCUT2D eigenvalue weighted by molar-refractivity contribution is 7.16. The molecule has 0 saturated heterocycles. The van der Waals surface area contributed by atoms with E-state index in [2.05, 4.69) is 15.3 Å². The van der Waals surface area contributed by atoms with E-state index in [1.54, 1.807) is 6.92 Å². The molecule has 128 valence electrons. The molecule has 2 aromatic rings. The summed E-state index contributed by atoms with van der Waals surface area (Å²) >= 11 is 2.98. The SMILES string of the molecule is CCOC(=O)C1CCc2sc(NC(=O)Cc3sc(C)nc3C)nc21. The van der Waals surface area contributed by atoms with Crippen LogP contribution in [0.15, 0.2) is 0 Å². The summed E-state index contributed by atoms with van der Waals surface area (Å²) in [4.78, 5) is 35.0. The Morgan fingerprint density at radius 2 is 2.08 bits per heavy atom.